The molecule has 0 amide bonds. The molecule has 0 saturated carbocycles. The fourth-order valence-electron chi connectivity index (χ4n) is 7.02. The van der Waals surface area contributed by atoms with Crippen molar-refractivity contribution in [3.05, 3.63) is 48.6 Å². The van der Waals surface area contributed by atoms with Gasteiger partial charge >= 0.3 is 17.9 Å². The van der Waals surface area contributed by atoms with Gasteiger partial charge in [-0.25, -0.2) is 0 Å². The van der Waals surface area contributed by atoms with Gasteiger partial charge in [0.2, 0.25) is 0 Å². The average Bonchev–Trinajstić information content (AvgIpc) is 3.23. The van der Waals surface area contributed by atoms with Crippen LogP contribution in [-0.4, -0.2) is 37.2 Å². The Morgan fingerprint density at radius 2 is 0.627 bits per heavy atom. The molecule has 0 unspecified atom stereocenters. The van der Waals surface area contributed by atoms with Crippen molar-refractivity contribution in [1.82, 2.24) is 0 Å². The lowest BCUT2D eigenvalue weighted by Gasteiger charge is -2.18. The van der Waals surface area contributed by atoms with Gasteiger partial charge in [-0.15, -0.1) is 0 Å². The van der Waals surface area contributed by atoms with Crippen molar-refractivity contribution < 1.29 is 28.6 Å². The van der Waals surface area contributed by atoms with E-state index in [1.54, 1.807) is 0 Å². The molecule has 0 fully saturated rings. The molecule has 0 aromatic carbocycles. The van der Waals surface area contributed by atoms with E-state index in [0.717, 1.165) is 64.2 Å². The SMILES string of the molecule is CCCCC/C=C\C/C=C\C/C=C\C/C=C\CCCC(=O)OC[C@H](COC(=O)CCCCCCCCCCCCCCC)OC(=O)CCCCCCCCCCCCC. The Hall–Kier alpha value is -2.63. The average molecular weight is 827 g/mol. The van der Waals surface area contributed by atoms with Gasteiger partial charge in [-0.05, 0) is 57.8 Å². The predicted molar refractivity (Wildman–Crippen MR) is 252 cm³/mol. The molecule has 0 aliphatic rings. The van der Waals surface area contributed by atoms with Crippen molar-refractivity contribution >= 4 is 17.9 Å². The summed E-state index contributed by atoms with van der Waals surface area (Å²) in [7, 11) is 0. The lowest BCUT2D eigenvalue weighted by molar-refractivity contribution is -0.167. The van der Waals surface area contributed by atoms with Gasteiger partial charge in [0, 0.05) is 19.3 Å². The minimum absolute atomic E-state index is 0.0865. The lowest BCUT2D eigenvalue weighted by Crippen LogP contribution is -2.30. The summed E-state index contributed by atoms with van der Waals surface area (Å²) in [4.78, 5) is 37.8. The fourth-order valence-corrected chi connectivity index (χ4v) is 7.02. The second-order valence-electron chi connectivity index (χ2n) is 16.7. The van der Waals surface area contributed by atoms with Crippen LogP contribution in [0.25, 0.3) is 0 Å². The molecule has 0 aliphatic carbocycles. The van der Waals surface area contributed by atoms with Crippen LogP contribution >= 0.6 is 0 Å². The summed E-state index contributed by atoms with van der Waals surface area (Å²) >= 11 is 0. The van der Waals surface area contributed by atoms with E-state index in [1.165, 1.54) is 141 Å². The molecule has 0 spiro atoms. The van der Waals surface area contributed by atoms with Crippen molar-refractivity contribution in [3.8, 4) is 0 Å². The van der Waals surface area contributed by atoms with E-state index in [9.17, 15) is 14.4 Å². The van der Waals surface area contributed by atoms with E-state index in [-0.39, 0.29) is 37.5 Å². The molecule has 342 valence electrons. The number of hydrogen-bond donors (Lipinski definition) is 0. The van der Waals surface area contributed by atoms with Crippen LogP contribution in [0, 0.1) is 0 Å². The van der Waals surface area contributed by atoms with Crippen molar-refractivity contribution in [3.63, 3.8) is 0 Å². The number of esters is 3. The maximum atomic E-state index is 12.7. The molecule has 1 atom stereocenters. The van der Waals surface area contributed by atoms with Gasteiger partial charge in [0.05, 0.1) is 0 Å². The molecule has 0 rings (SSSR count). The lowest BCUT2D eigenvalue weighted by atomic mass is 10.0. The van der Waals surface area contributed by atoms with E-state index in [0.29, 0.717) is 19.3 Å². The third-order valence-electron chi connectivity index (χ3n) is 10.8. The Labute approximate surface area is 365 Å². The van der Waals surface area contributed by atoms with Crippen LogP contribution in [0.3, 0.4) is 0 Å². The number of hydrogen-bond acceptors (Lipinski definition) is 6. The first-order chi connectivity index (χ1) is 29.0. The summed E-state index contributed by atoms with van der Waals surface area (Å²) in [5.74, 6) is -0.939. The van der Waals surface area contributed by atoms with Gasteiger partial charge in [0.25, 0.3) is 0 Å². The molecular formula is C53H94O6. The highest BCUT2D eigenvalue weighted by Gasteiger charge is 2.19. The highest BCUT2D eigenvalue weighted by molar-refractivity contribution is 5.71. The minimum Gasteiger partial charge on any atom is -0.462 e. The first-order valence-corrected chi connectivity index (χ1v) is 25.1. The highest BCUT2D eigenvalue weighted by atomic mass is 16.6. The molecule has 0 aliphatic heterocycles. The minimum atomic E-state index is -0.789. The maximum absolute atomic E-state index is 12.7. The molecule has 0 heterocycles. The first-order valence-electron chi connectivity index (χ1n) is 25.1. The Kier molecular flexibility index (Phi) is 45.9. The third-order valence-corrected chi connectivity index (χ3v) is 10.8. The molecule has 0 aromatic heterocycles. The largest absolute Gasteiger partial charge is 0.462 e. The van der Waals surface area contributed by atoms with Crippen LogP contribution in [0.2, 0.25) is 0 Å². The summed E-state index contributed by atoms with van der Waals surface area (Å²) in [5.41, 5.74) is 0. The van der Waals surface area contributed by atoms with Gasteiger partial charge in [-0.3, -0.25) is 14.4 Å². The second kappa shape index (κ2) is 48.0. The molecule has 0 bridgehead atoms. The van der Waals surface area contributed by atoms with Gasteiger partial charge < -0.3 is 14.2 Å². The van der Waals surface area contributed by atoms with Crippen LogP contribution in [0.1, 0.15) is 252 Å². The van der Waals surface area contributed by atoms with Crippen LogP contribution < -0.4 is 0 Å². The Bertz CT molecular complexity index is 1040. The Balaban J connectivity index is 4.42. The topological polar surface area (TPSA) is 78.9 Å². The number of ether oxygens (including phenoxy) is 3. The van der Waals surface area contributed by atoms with Crippen molar-refractivity contribution in [2.24, 2.45) is 0 Å². The Morgan fingerprint density at radius 1 is 0.339 bits per heavy atom. The first kappa shape index (κ1) is 56.4. The zero-order valence-electron chi connectivity index (χ0n) is 39.0. The van der Waals surface area contributed by atoms with E-state index in [1.807, 2.05) is 0 Å². The fraction of sp³-hybridized carbons (Fsp3) is 0.792. The van der Waals surface area contributed by atoms with Gasteiger partial charge in [0.1, 0.15) is 13.2 Å². The van der Waals surface area contributed by atoms with Gasteiger partial charge in [0.15, 0.2) is 6.10 Å². The van der Waals surface area contributed by atoms with E-state index in [2.05, 4.69) is 69.4 Å². The summed E-state index contributed by atoms with van der Waals surface area (Å²) < 4.78 is 16.7. The number of carbonyl (C=O) groups excluding carboxylic acids is 3. The zero-order chi connectivity index (χ0) is 43.0. The van der Waals surface area contributed by atoms with Gasteiger partial charge in [-0.1, -0.05) is 223 Å². The normalized spacial score (nSPS) is 12.4. The molecule has 6 heteroatoms. The molecule has 59 heavy (non-hydrogen) atoms. The Morgan fingerprint density at radius 3 is 1.02 bits per heavy atom. The molecule has 0 saturated heterocycles. The third kappa shape index (κ3) is 46.3. The number of unbranched alkanes of at least 4 members (excludes halogenated alkanes) is 26. The molecular weight excluding hydrogens is 733 g/mol. The molecule has 6 nitrogen and oxygen atoms in total. The summed E-state index contributed by atoms with van der Waals surface area (Å²) in [6.07, 6.45) is 56.7. The van der Waals surface area contributed by atoms with Gasteiger partial charge in [-0.2, -0.15) is 0 Å². The highest BCUT2D eigenvalue weighted by Crippen LogP contribution is 2.15. The van der Waals surface area contributed by atoms with Crippen LogP contribution in [0.4, 0.5) is 0 Å². The summed E-state index contributed by atoms with van der Waals surface area (Å²) in [6.45, 7) is 6.56. The number of carbonyl (C=O) groups is 3. The van der Waals surface area contributed by atoms with Crippen molar-refractivity contribution in [2.75, 3.05) is 13.2 Å². The van der Waals surface area contributed by atoms with Crippen LogP contribution in [0.15, 0.2) is 48.6 Å². The van der Waals surface area contributed by atoms with E-state index in [4.69, 9.17) is 14.2 Å². The standard InChI is InChI=1S/C53H94O6/c1-4-7-10-13-16-19-22-24-25-26-27-29-32-34-37-40-43-46-52(55)58-49-50(59-53(56)47-44-41-38-35-30-21-18-15-12-9-6-3)48-57-51(54)45-42-39-36-33-31-28-23-20-17-14-11-8-5-2/h16,19,24-25,27,29,34,37,50H,4-15,17-18,20-23,26,28,30-33,35-36,38-49H2,1-3H3/b19-16-,25-24-,29-27-,37-34-/t50-/m0/s1. The summed E-state index contributed by atoms with van der Waals surface area (Å²) in [6, 6.07) is 0. The van der Waals surface area contributed by atoms with Crippen LogP contribution in [-0.2, 0) is 28.6 Å². The molecule has 0 N–H and O–H groups in total. The number of rotatable bonds is 45. The number of allylic oxidation sites excluding steroid dienone is 8. The van der Waals surface area contributed by atoms with E-state index >= 15 is 0 Å². The van der Waals surface area contributed by atoms with Crippen molar-refractivity contribution in [2.45, 2.75) is 258 Å². The smallest absolute Gasteiger partial charge is 0.306 e. The van der Waals surface area contributed by atoms with E-state index < -0.39 is 6.10 Å². The quantitative estimate of drug-likeness (QED) is 0.0263. The summed E-state index contributed by atoms with van der Waals surface area (Å²) in [5, 5.41) is 0. The van der Waals surface area contributed by atoms with Crippen molar-refractivity contribution in [1.29, 1.82) is 0 Å². The molecule has 0 aromatic rings. The molecule has 0 radical (unpaired) electrons. The monoisotopic (exact) mass is 827 g/mol. The predicted octanol–water partition coefficient (Wildman–Crippen LogP) is 16.3. The second-order valence-corrected chi connectivity index (χ2v) is 16.7. The van der Waals surface area contributed by atoms with Crippen LogP contribution in [0.5, 0.6) is 0 Å². The maximum Gasteiger partial charge on any atom is 0.306 e. The zero-order valence-corrected chi connectivity index (χ0v) is 39.0.